The molecule has 0 atom stereocenters. The number of ether oxygens (including phenoxy) is 1. The number of carbonyl (C=O) groups excluding carboxylic acids is 1. The average molecular weight is 544 g/mol. The Morgan fingerprint density at radius 2 is 1.92 bits per heavy atom. The number of aromatic nitrogens is 1. The lowest BCUT2D eigenvalue weighted by molar-refractivity contribution is -0.123. The zero-order valence-electron chi connectivity index (χ0n) is 20.2. The standard InChI is InChI=1S/C26H26FN3O5S2/c1-2-34-22-6-3-7-23-24(22)28-26(36-23)30(17-20-5-4-16-35-20)25(31)18-12-14-29(15-13-18)37(32,33)21-10-8-19(27)9-11-21/h3-11,16,18H,2,12-15,17H2,1H3. The molecule has 0 bridgehead atoms. The number of piperidine rings is 1. The van der Waals surface area contributed by atoms with Crippen molar-refractivity contribution in [1.82, 2.24) is 9.29 Å². The van der Waals surface area contributed by atoms with Crippen LogP contribution in [-0.2, 0) is 21.4 Å². The molecule has 4 aromatic rings. The number of anilines is 1. The molecule has 8 nitrogen and oxygen atoms in total. The second-order valence-corrected chi connectivity index (χ2v) is 11.6. The van der Waals surface area contributed by atoms with Gasteiger partial charge in [-0.25, -0.2) is 17.8 Å². The van der Waals surface area contributed by atoms with E-state index in [2.05, 4.69) is 0 Å². The molecule has 1 aliphatic heterocycles. The Hall–Kier alpha value is -3.28. The van der Waals surface area contributed by atoms with E-state index in [1.165, 1.54) is 27.8 Å². The Morgan fingerprint density at radius 1 is 1.16 bits per heavy atom. The van der Waals surface area contributed by atoms with E-state index in [0.717, 1.165) is 16.8 Å². The normalized spacial score (nSPS) is 15.2. The molecule has 0 radical (unpaired) electrons. The molecule has 1 amide bonds. The third-order valence-corrected chi connectivity index (χ3v) is 9.27. The summed E-state index contributed by atoms with van der Waals surface area (Å²) in [5, 5.41) is 0.532. The van der Waals surface area contributed by atoms with E-state index in [4.69, 9.17) is 14.1 Å². The van der Waals surface area contributed by atoms with Gasteiger partial charge >= 0.3 is 0 Å². The first kappa shape index (κ1) is 25.4. The van der Waals surface area contributed by atoms with Gasteiger partial charge in [0.1, 0.15) is 22.8 Å². The molecule has 5 rings (SSSR count). The van der Waals surface area contributed by atoms with Crippen LogP contribution in [0.1, 0.15) is 25.5 Å². The van der Waals surface area contributed by atoms with E-state index >= 15 is 0 Å². The topological polar surface area (TPSA) is 93.0 Å². The lowest BCUT2D eigenvalue weighted by Crippen LogP contribution is -2.44. The van der Waals surface area contributed by atoms with Crippen molar-refractivity contribution < 1.29 is 26.8 Å². The summed E-state index contributed by atoms with van der Waals surface area (Å²) in [7, 11) is -3.77. The molecule has 0 aliphatic carbocycles. The molecule has 11 heteroatoms. The molecule has 0 spiro atoms. The second-order valence-electron chi connectivity index (χ2n) is 8.67. The summed E-state index contributed by atoms with van der Waals surface area (Å²) in [6.07, 6.45) is 2.29. The Morgan fingerprint density at radius 3 is 2.59 bits per heavy atom. The van der Waals surface area contributed by atoms with Crippen LogP contribution in [0, 0.1) is 11.7 Å². The Bertz CT molecular complexity index is 1480. The van der Waals surface area contributed by atoms with Gasteiger partial charge in [-0.2, -0.15) is 4.31 Å². The summed E-state index contributed by atoms with van der Waals surface area (Å²) in [5.41, 5.74) is 0.696. The van der Waals surface area contributed by atoms with Gasteiger partial charge in [0.05, 0.1) is 29.0 Å². The monoisotopic (exact) mass is 543 g/mol. The van der Waals surface area contributed by atoms with E-state index in [9.17, 15) is 17.6 Å². The minimum Gasteiger partial charge on any atom is -0.492 e. The van der Waals surface area contributed by atoms with Crippen molar-refractivity contribution in [1.29, 1.82) is 0 Å². The molecule has 0 N–H and O–H groups in total. The van der Waals surface area contributed by atoms with Gasteiger partial charge in [0.15, 0.2) is 5.13 Å². The third-order valence-electron chi connectivity index (χ3n) is 6.32. The molecule has 0 saturated carbocycles. The number of hydrogen-bond acceptors (Lipinski definition) is 7. The highest BCUT2D eigenvalue weighted by Crippen LogP contribution is 2.36. The maximum absolute atomic E-state index is 13.8. The van der Waals surface area contributed by atoms with Crippen LogP contribution in [-0.4, -0.2) is 43.3 Å². The van der Waals surface area contributed by atoms with Crippen LogP contribution in [0.4, 0.5) is 9.52 Å². The Kier molecular flexibility index (Phi) is 7.27. The van der Waals surface area contributed by atoms with Crippen molar-refractivity contribution in [3.63, 3.8) is 0 Å². The van der Waals surface area contributed by atoms with Crippen molar-refractivity contribution in [3.05, 3.63) is 72.4 Å². The van der Waals surface area contributed by atoms with E-state index in [1.54, 1.807) is 23.3 Å². The molecular weight excluding hydrogens is 517 g/mol. The van der Waals surface area contributed by atoms with Crippen molar-refractivity contribution >= 4 is 42.6 Å². The molecular formula is C26H26FN3O5S2. The Labute approximate surface area is 218 Å². The van der Waals surface area contributed by atoms with Gasteiger partial charge in [-0.05, 0) is 68.3 Å². The lowest BCUT2D eigenvalue weighted by Gasteiger charge is -2.32. The third kappa shape index (κ3) is 5.25. The van der Waals surface area contributed by atoms with E-state index in [1.807, 2.05) is 25.1 Å². The Balaban J connectivity index is 1.37. The number of sulfonamides is 1. The van der Waals surface area contributed by atoms with Crippen LogP contribution in [0.25, 0.3) is 10.2 Å². The maximum atomic E-state index is 13.8. The van der Waals surface area contributed by atoms with Gasteiger partial charge < -0.3 is 9.15 Å². The second kappa shape index (κ2) is 10.6. The fraction of sp³-hybridized carbons (Fsp3) is 0.308. The molecule has 194 valence electrons. The SMILES string of the molecule is CCOc1cccc2sc(N(Cc3ccco3)C(=O)C3CCN(S(=O)(=O)c4ccc(F)cc4)CC3)nc12. The van der Waals surface area contributed by atoms with Crippen LogP contribution in [0.15, 0.2) is 70.2 Å². The van der Waals surface area contributed by atoms with E-state index in [-0.39, 0.29) is 36.4 Å². The van der Waals surface area contributed by atoms with Gasteiger partial charge in [0, 0.05) is 19.0 Å². The van der Waals surface area contributed by atoms with Crippen molar-refractivity contribution in [2.24, 2.45) is 5.92 Å². The number of halogens is 1. The summed E-state index contributed by atoms with van der Waals surface area (Å²) in [4.78, 5) is 20.2. The molecule has 37 heavy (non-hydrogen) atoms. The van der Waals surface area contributed by atoms with Crippen LogP contribution in [0.2, 0.25) is 0 Å². The fourth-order valence-corrected chi connectivity index (χ4v) is 6.87. The summed E-state index contributed by atoms with van der Waals surface area (Å²) in [6.45, 7) is 3.00. The van der Waals surface area contributed by atoms with Crippen molar-refractivity contribution in [3.8, 4) is 5.75 Å². The minimum absolute atomic E-state index is 0.0395. The number of furan rings is 1. The molecule has 1 aliphatic rings. The number of thiazole rings is 1. The van der Waals surface area contributed by atoms with Crippen molar-refractivity contribution in [2.45, 2.75) is 31.2 Å². The highest BCUT2D eigenvalue weighted by atomic mass is 32.2. The lowest BCUT2D eigenvalue weighted by atomic mass is 9.96. The van der Waals surface area contributed by atoms with Crippen LogP contribution in [0.3, 0.4) is 0 Å². The number of hydrogen-bond donors (Lipinski definition) is 0. The molecule has 2 aromatic heterocycles. The van der Waals surface area contributed by atoms with E-state index in [0.29, 0.717) is 41.6 Å². The number of benzene rings is 2. The molecule has 2 aromatic carbocycles. The van der Waals surface area contributed by atoms with Gasteiger partial charge in [-0.1, -0.05) is 17.4 Å². The smallest absolute Gasteiger partial charge is 0.243 e. The first-order valence-corrected chi connectivity index (χ1v) is 14.2. The predicted molar refractivity (Wildman–Crippen MR) is 139 cm³/mol. The molecule has 0 unspecified atom stereocenters. The van der Waals surface area contributed by atoms with Crippen LogP contribution in [0.5, 0.6) is 5.75 Å². The molecule has 1 fully saturated rings. The summed E-state index contributed by atoms with van der Waals surface area (Å²) < 4.78 is 52.8. The first-order valence-electron chi connectivity index (χ1n) is 12.0. The summed E-state index contributed by atoms with van der Waals surface area (Å²) in [6, 6.07) is 14.0. The largest absolute Gasteiger partial charge is 0.492 e. The molecule has 3 heterocycles. The zero-order valence-corrected chi connectivity index (χ0v) is 21.8. The maximum Gasteiger partial charge on any atom is 0.243 e. The number of nitrogens with zero attached hydrogens (tertiary/aromatic N) is 3. The van der Waals surface area contributed by atoms with Gasteiger partial charge in [0.2, 0.25) is 15.9 Å². The number of carbonyl (C=O) groups is 1. The van der Waals surface area contributed by atoms with Gasteiger partial charge in [-0.3, -0.25) is 9.69 Å². The van der Waals surface area contributed by atoms with Gasteiger partial charge in [0.25, 0.3) is 0 Å². The fourth-order valence-electron chi connectivity index (χ4n) is 4.42. The number of rotatable bonds is 8. The number of fused-ring (bicyclic) bond motifs is 1. The summed E-state index contributed by atoms with van der Waals surface area (Å²) >= 11 is 1.40. The predicted octanol–water partition coefficient (Wildman–Crippen LogP) is 5.06. The summed E-state index contributed by atoms with van der Waals surface area (Å²) in [5.74, 6) is 0.268. The minimum atomic E-state index is -3.77. The van der Waals surface area contributed by atoms with Crippen LogP contribution >= 0.6 is 11.3 Å². The average Bonchev–Trinajstić information content (AvgIpc) is 3.58. The quantitative estimate of drug-likeness (QED) is 0.308. The molecule has 1 saturated heterocycles. The van der Waals surface area contributed by atoms with Gasteiger partial charge in [-0.15, -0.1) is 0 Å². The highest BCUT2D eigenvalue weighted by Gasteiger charge is 2.35. The number of amides is 1. The van der Waals surface area contributed by atoms with Crippen molar-refractivity contribution in [2.75, 3.05) is 24.6 Å². The van der Waals surface area contributed by atoms with Crippen LogP contribution < -0.4 is 9.64 Å². The highest BCUT2D eigenvalue weighted by molar-refractivity contribution is 7.89. The first-order chi connectivity index (χ1) is 17.9. The van der Waals surface area contributed by atoms with E-state index < -0.39 is 15.8 Å². The zero-order chi connectivity index (χ0) is 26.0. The number of para-hydroxylation sites is 1.